The van der Waals surface area contributed by atoms with Gasteiger partial charge in [-0.05, 0) is 72.1 Å². The predicted octanol–water partition coefficient (Wildman–Crippen LogP) is 5.60. The first-order chi connectivity index (χ1) is 26.3. The van der Waals surface area contributed by atoms with Gasteiger partial charge in [0.15, 0.2) is 0 Å². The third-order valence-corrected chi connectivity index (χ3v) is 10.4. The lowest BCUT2D eigenvalue weighted by molar-refractivity contribution is -0.132. The molecular formula is C38H30N4O12S2. The van der Waals surface area contributed by atoms with E-state index in [1.807, 2.05) is 0 Å². The zero-order valence-corrected chi connectivity index (χ0v) is 30.7. The molecule has 0 heterocycles. The van der Waals surface area contributed by atoms with Gasteiger partial charge in [0.1, 0.15) is 32.7 Å². The lowest BCUT2D eigenvalue weighted by atomic mass is 10.1. The average molecular weight is 799 g/mol. The van der Waals surface area contributed by atoms with Gasteiger partial charge >= 0.3 is 11.8 Å². The van der Waals surface area contributed by atoms with Crippen LogP contribution in [0.1, 0.15) is 31.8 Å². The minimum absolute atomic E-state index is 0.0348. The van der Waals surface area contributed by atoms with Crippen LogP contribution in [0.2, 0.25) is 0 Å². The molecule has 0 unspecified atom stereocenters. The molecule has 0 radical (unpaired) electrons. The van der Waals surface area contributed by atoms with Crippen LogP contribution in [-0.2, 0) is 29.8 Å². The molecule has 0 bridgehead atoms. The van der Waals surface area contributed by atoms with Gasteiger partial charge in [-0.2, -0.15) is 16.8 Å². The molecule has 0 aromatic heterocycles. The number of hydrogen-bond donors (Lipinski definition) is 8. The molecule has 0 spiro atoms. The molecular weight excluding hydrogens is 769 g/mol. The highest BCUT2D eigenvalue weighted by Crippen LogP contribution is 2.40. The van der Waals surface area contributed by atoms with E-state index in [2.05, 4.69) is 21.3 Å². The minimum Gasteiger partial charge on any atom is -0.505 e. The summed E-state index contributed by atoms with van der Waals surface area (Å²) >= 11 is 0. The molecule has 6 aromatic rings. The molecule has 0 aliphatic carbocycles. The number of phenols is 2. The summed E-state index contributed by atoms with van der Waals surface area (Å²) < 4.78 is 68.5. The number of aryl methyl sites for hydroxylation is 2. The lowest BCUT2D eigenvalue weighted by Gasteiger charge is -2.16. The summed E-state index contributed by atoms with van der Waals surface area (Å²) in [4.78, 5) is 51.2. The molecule has 6 rings (SSSR count). The van der Waals surface area contributed by atoms with Gasteiger partial charge in [-0.25, -0.2) is 0 Å². The van der Waals surface area contributed by atoms with E-state index in [0.717, 1.165) is 12.1 Å². The maximum Gasteiger partial charge on any atom is 0.314 e. The Bertz CT molecular complexity index is 2700. The van der Waals surface area contributed by atoms with Crippen molar-refractivity contribution in [3.63, 3.8) is 0 Å². The minimum atomic E-state index is -4.92. The third-order valence-electron chi connectivity index (χ3n) is 8.69. The summed E-state index contributed by atoms with van der Waals surface area (Å²) in [5.41, 5.74) is -0.719. The zero-order chi connectivity index (χ0) is 40.7. The van der Waals surface area contributed by atoms with Crippen molar-refractivity contribution in [1.82, 2.24) is 0 Å². The fourth-order valence-electron chi connectivity index (χ4n) is 5.88. The van der Waals surface area contributed by atoms with Crippen molar-refractivity contribution in [2.45, 2.75) is 23.6 Å². The van der Waals surface area contributed by atoms with Crippen LogP contribution in [0.15, 0.2) is 107 Å². The first-order valence-corrected chi connectivity index (χ1v) is 19.1. The Balaban J connectivity index is 1.20. The highest BCUT2D eigenvalue weighted by molar-refractivity contribution is 7.86. The molecule has 0 aliphatic heterocycles. The van der Waals surface area contributed by atoms with Crippen LogP contribution >= 0.6 is 0 Å². The van der Waals surface area contributed by atoms with Crippen LogP contribution in [0.25, 0.3) is 21.5 Å². The second kappa shape index (κ2) is 14.8. The van der Waals surface area contributed by atoms with Crippen molar-refractivity contribution in [2.75, 3.05) is 21.3 Å². The molecule has 0 aliphatic rings. The number of nitrogens with one attached hydrogen (secondary N) is 4. The molecule has 0 saturated carbocycles. The van der Waals surface area contributed by atoms with Crippen molar-refractivity contribution in [3.8, 4) is 11.5 Å². The average Bonchev–Trinajstić information content (AvgIpc) is 3.14. The maximum absolute atomic E-state index is 13.4. The molecule has 16 nitrogen and oxygen atoms in total. The number of aromatic hydroxyl groups is 2. The van der Waals surface area contributed by atoms with E-state index >= 15 is 0 Å². The predicted molar refractivity (Wildman–Crippen MR) is 206 cm³/mol. The number of amides is 4. The van der Waals surface area contributed by atoms with Crippen LogP contribution in [0.4, 0.5) is 22.7 Å². The molecule has 8 N–H and O–H groups in total. The Hall–Kier alpha value is -6.86. The lowest BCUT2D eigenvalue weighted by Crippen LogP contribution is -2.29. The quantitative estimate of drug-likeness (QED) is 0.0532. The van der Waals surface area contributed by atoms with E-state index in [9.17, 15) is 55.3 Å². The van der Waals surface area contributed by atoms with Gasteiger partial charge in [0.25, 0.3) is 32.1 Å². The van der Waals surface area contributed by atoms with Crippen LogP contribution in [-0.4, -0.2) is 59.8 Å². The molecule has 286 valence electrons. The Labute approximate surface area is 318 Å². The normalized spacial score (nSPS) is 11.6. The summed E-state index contributed by atoms with van der Waals surface area (Å²) in [6.45, 7) is 3.07. The molecule has 56 heavy (non-hydrogen) atoms. The fraction of sp³-hybridized carbons (Fsp3) is 0.0526. The SMILES string of the molecule is Cc1ccc(NC(=O)C(=O)Nc2ccc(C)c(C(=O)Nc3c(S(=O)(=O)O)cc4ccccc4c3O)c2)cc1C(=O)Nc1c(S(=O)(=O)O)cc2ccccc2c1O. The Morgan fingerprint density at radius 2 is 0.857 bits per heavy atom. The van der Waals surface area contributed by atoms with Gasteiger partial charge in [0, 0.05) is 33.3 Å². The highest BCUT2D eigenvalue weighted by atomic mass is 32.2. The second-order valence-electron chi connectivity index (χ2n) is 12.5. The van der Waals surface area contributed by atoms with Crippen molar-refractivity contribution < 1.29 is 55.3 Å². The van der Waals surface area contributed by atoms with Crippen LogP contribution in [0, 0.1) is 13.8 Å². The van der Waals surface area contributed by atoms with Crippen molar-refractivity contribution in [1.29, 1.82) is 0 Å². The van der Waals surface area contributed by atoms with Crippen LogP contribution in [0.5, 0.6) is 11.5 Å². The monoisotopic (exact) mass is 798 g/mol. The third kappa shape index (κ3) is 7.84. The number of carbonyl (C=O) groups is 4. The van der Waals surface area contributed by atoms with E-state index < -0.39 is 76.5 Å². The topological polar surface area (TPSA) is 266 Å². The van der Waals surface area contributed by atoms with Gasteiger partial charge in [-0.3, -0.25) is 28.3 Å². The summed E-state index contributed by atoms with van der Waals surface area (Å²) in [5, 5.41) is 32.0. The van der Waals surface area contributed by atoms with Crippen molar-refractivity contribution >= 4 is 88.2 Å². The largest absolute Gasteiger partial charge is 0.505 e. The first-order valence-electron chi connectivity index (χ1n) is 16.2. The summed E-state index contributed by atoms with van der Waals surface area (Å²) in [7, 11) is -9.85. The van der Waals surface area contributed by atoms with Gasteiger partial charge in [-0.1, -0.05) is 60.7 Å². The molecule has 0 saturated heterocycles. The van der Waals surface area contributed by atoms with Gasteiger partial charge in [0.05, 0.1) is 0 Å². The Morgan fingerprint density at radius 1 is 0.500 bits per heavy atom. The smallest absolute Gasteiger partial charge is 0.314 e. The van der Waals surface area contributed by atoms with Gasteiger partial charge in [0.2, 0.25) is 0 Å². The summed E-state index contributed by atoms with van der Waals surface area (Å²) in [6, 6.07) is 22.5. The van der Waals surface area contributed by atoms with Crippen molar-refractivity contribution in [3.05, 3.63) is 119 Å². The van der Waals surface area contributed by atoms with Crippen molar-refractivity contribution in [2.24, 2.45) is 0 Å². The number of benzene rings is 6. The number of carbonyl (C=O) groups excluding carboxylic acids is 4. The van der Waals surface area contributed by atoms with E-state index in [1.165, 1.54) is 74.5 Å². The second-order valence-corrected chi connectivity index (χ2v) is 15.2. The van der Waals surface area contributed by atoms with E-state index in [1.54, 1.807) is 24.3 Å². The molecule has 6 aromatic carbocycles. The summed E-state index contributed by atoms with van der Waals surface area (Å²) in [6.07, 6.45) is 0. The first kappa shape index (κ1) is 38.9. The molecule has 18 heteroatoms. The Kier molecular flexibility index (Phi) is 10.2. The number of rotatable bonds is 8. The molecule has 0 fully saturated rings. The molecule has 0 atom stereocenters. The van der Waals surface area contributed by atoms with Gasteiger partial charge in [-0.15, -0.1) is 0 Å². The Morgan fingerprint density at radius 3 is 1.21 bits per heavy atom. The standard InChI is InChI=1S/C38H30N4O12S2/c1-19-11-13-23(17-27(19)35(45)41-31-29(55(49,50)51)15-21-7-3-5-9-25(21)33(31)43)39-37(47)38(48)40-24-14-12-20(2)28(18-24)36(46)42-32-30(56(52,53)54)16-22-8-4-6-10-26(22)34(32)44/h3-18,43-44H,1-2H3,(H,39,47)(H,40,48)(H,41,45)(H,42,46)(H,49,50,51)(H,52,53,54). The van der Waals surface area contributed by atoms with Crippen LogP contribution < -0.4 is 21.3 Å². The summed E-state index contributed by atoms with van der Waals surface area (Å²) in [5.74, 6) is -5.49. The fourth-order valence-corrected chi connectivity index (χ4v) is 7.24. The molecule has 4 amide bonds. The zero-order valence-electron chi connectivity index (χ0n) is 29.1. The maximum atomic E-state index is 13.4. The number of hydrogen-bond acceptors (Lipinski definition) is 10. The van der Waals surface area contributed by atoms with E-state index in [4.69, 9.17) is 0 Å². The van der Waals surface area contributed by atoms with E-state index in [0.29, 0.717) is 11.1 Å². The van der Waals surface area contributed by atoms with E-state index in [-0.39, 0.29) is 44.0 Å². The van der Waals surface area contributed by atoms with Gasteiger partial charge < -0.3 is 31.5 Å². The number of phenolic OH excluding ortho intramolecular Hbond substituents is 2. The van der Waals surface area contributed by atoms with Crippen LogP contribution in [0.3, 0.4) is 0 Å². The number of anilines is 4. The number of fused-ring (bicyclic) bond motifs is 2. The highest BCUT2D eigenvalue weighted by Gasteiger charge is 2.26.